The molecule has 0 unspecified atom stereocenters. The number of methoxy groups -OCH3 is 1. The van der Waals surface area contributed by atoms with Crippen LogP contribution >= 0.6 is 11.3 Å². The van der Waals surface area contributed by atoms with Gasteiger partial charge in [-0.1, -0.05) is 53.8 Å². The van der Waals surface area contributed by atoms with Crippen molar-refractivity contribution in [3.63, 3.8) is 0 Å². The zero-order chi connectivity index (χ0) is 22.4. The van der Waals surface area contributed by atoms with Gasteiger partial charge in [0.25, 0.3) is 5.56 Å². The molecule has 33 heavy (non-hydrogen) atoms. The molecule has 2 aromatic heterocycles. The van der Waals surface area contributed by atoms with Crippen LogP contribution in [0.1, 0.15) is 34.7 Å². The van der Waals surface area contributed by atoms with Crippen LogP contribution in [0.25, 0.3) is 11.8 Å². The summed E-state index contributed by atoms with van der Waals surface area (Å²) in [6.45, 7) is 0. The third kappa shape index (κ3) is 3.26. The lowest BCUT2D eigenvalue weighted by Crippen LogP contribution is -2.38. The molecule has 2 aliphatic rings. The van der Waals surface area contributed by atoms with E-state index in [1.54, 1.807) is 19.5 Å². The molecular weight excluding hydrogens is 430 g/mol. The fourth-order valence-electron chi connectivity index (χ4n) is 4.80. The summed E-state index contributed by atoms with van der Waals surface area (Å²) in [5.41, 5.74) is 6.51. The van der Waals surface area contributed by atoms with Gasteiger partial charge in [0.05, 0.1) is 23.4 Å². The van der Waals surface area contributed by atoms with E-state index in [2.05, 4.69) is 35.3 Å². The number of rotatable bonds is 3. The quantitative estimate of drug-likeness (QED) is 0.477. The maximum atomic E-state index is 13.7. The van der Waals surface area contributed by atoms with Gasteiger partial charge in [-0.15, -0.1) is 0 Å². The number of hydrogen-bond acceptors (Lipinski definition) is 5. The number of allylic oxidation sites excluding steroid dienone is 1. The SMILES string of the molecule is COc1ccccc1[C@H]1C2=C(N=c3s/c(=C\c4ccncc4)c(=O)n31)c1ccccc1CC2. The number of pyridine rings is 1. The molecule has 6 rings (SSSR count). The Balaban J connectivity index is 1.66. The highest BCUT2D eigenvalue weighted by Gasteiger charge is 2.33. The summed E-state index contributed by atoms with van der Waals surface area (Å²) in [7, 11) is 1.68. The Labute approximate surface area is 194 Å². The van der Waals surface area contributed by atoms with E-state index < -0.39 is 0 Å². The van der Waals surface area contributed by atoms with Gasteiger partial charge in [-0.3, -0.25) is 14.3 Å². The first-order valence-corrected chi connectivity index (χ1v) is 11.7. The minimum absolute atomic E-state index is 0.0307. The van der Waals surface area contributed by atoms with E-state index in [1.807, 2.05) is 41.0 Å². The second-order valence-electron chi connectivity index (χ2n) is 8.14. The Kier molecular flexibility index (Phi) is 4.80. The number of ether oxygens (including phenoxy) is 1. The van der Waals surface area contributed by atoms with Crippen molar-refractivity contribution in [3.05, 3.63) is 121 Å². The normalized spacial score (nSPS) is 17.1. The maximum absolute atomic E-state index is 13.7. The Morgan fingerprint density at radius 1 is 1.03 bits per heavy atom. The number of nitrogens with zero attached hydrogens (tertiary/aromatic N) is 3. The summed E-state index contributed by atoms with van der Waals surface area (Å²) >= 11 is 1.43. The summed E-state index contributed by atoms with van der Waals surface area (Å²) in [6, 6.07) is 20.0. The fraction of sp³-hybridized carbons (Fsp3) is 0.148. The van der Waals surface area contributed by atoms with Crippen molar-refractivity contribution in [2.45, 2.75) is 18.9 Å². The molecule has 1 aliphatic heterocycles. The van der Waals surface area contributed by atoms with Crippen LogP contribution in [0.3, 0.4) is 0 Å². The van der Waals surface area contributed by atoms with Crippen molar-refractivity contribution in [3.8, 4) is 5.75 Å². The summed E-state index contributed by atoms with van der Waals surface area (Å²) in [5, 5.41) is 0. The molecule has 0 N–H and O–H groups in total. The lowest BCUT2D eigenvalue weighted by Gasteiger charge is -2.31. The number of para-hydroxylation sites is 1. The number of benzene rings is 2. The van der Waals surface area contributed by atoms with Gasteiger partial charge in [0, 0.05) is 23.5 Å². The number of fused-ring (bicyclic) bond motifs is 3. The first-order valence-electron chi connectivity index (χ1n) is 10.9. The Morgan fingerprint density at radius 2 is 1.82 bits per heavy atom. The van der Waals surface area contributed by atoms with Gasteiger partial charge in [0.1, 0.15) is 5.75 Å². The monoisotopic (exact) mass is 451 g/mol. The van der Waals surface area contributed by atoms with Crippen molar-refractivity contribution in [2.24, 2.45) is 4.99 Å². The molecule has 1 aliphatic carbocycles. The minimum atomic E-state index is -0.250. The number of hydrogen-bond donors (Lipinski definition) is 0. The van der Waals surface area contributed by atoms with Crippen molar-refractivity contribution >= 4 is 23.1 Å². The molecular formula is C27H21N3O2S. The molecule has 162 valence electrons. The highest BCUT2D eigenvalue weighted by Crippen LogP contribution is 2.43. The molecule has 0 fully saturated rings. The third-order valence-electron chi connectivity index (χ3n) is 6.31. The van der Waals surface area contributed by atoms with E-state index in [1.165, 1.54) is 22.5 Å². The largest absolute Gasteiger partial charge is 0.496 e. The van der Waals surface area contributed by atoms with E-state index in [-0.39, 0.29) is 11.6 Å². The zero-order valence-electron chi connectivity index (χ0n) is 18.1. The minimum Gasteiger partial charge on any atom is -0.496 e. The molecule has 0 saturated heterocycles. The van der Waals surface area contributed by atoms with Crippen LogP contribution in [0, 0.1) is 0 Å². The molecule has 0 saturated carbocycles. The van der Waals surface area contributed by atoms with Crippen molar-refractivity contribution in [2.75, 3.05) is 7.11 Å². The molecule has 0 spiro atoms. The van der Waals surface area contributed by atoms with Crippen LogP contribution in [-0.4, -0.2) is 16.7 Å². The summed E-state index contributed by atoms with van der Waals surface area (Å²) in [5.74, 6) is 0.777. The van der Waals surface area contributed by atoms with Crippen molar-refractivity contribution in [1.82, 2.24) is 9.55 Å². The van der Waals surface area contributed by atoms with Gasteiger partial charge in [0.2, 0.25) is 0 Å². The van der Waals surface area contributed by atoms with Crippen LogP contribution in [0.4, 0.5) is 0 Å². The molecule has 2 aromatic carbocycles. The number of thiazole rings is 1. The number of aryl methyl sites for hydroxylation is 1. The Hall–Kier alpha value is -3.77. The van der Waals surface area contributed by atoms with Gasteiger partial charge >= 0.3 is 0 Å². The molecule has 4 aromatic rings. The summed E-state index contributed by atoms with van der Waals surface area (Å²) in [6.07, 6.45) is 7.16. The second-order valence-corrected chi connectivity index (χ2v) is 9.15. The van der Waals surface area contributed by atoms with Crippen LogP contribution < -0.4 is 19.6 Å². The van der Waals surface area contributed by atoms with Gasteiger partial charge in [-0.2, -0.15) is 0 Å². The predicted octanol–water partition coefficient (Wildman–Crippen LogP) is 3.72. The highest BCUT2D eigenvalue weighted by molar-refractivity contribution is 7.07. The van der Waals surface area contributed by atoms with Gasteiger partial charge < -0.3 is 4.74 Å². The lowest BCUT2D eigenvalue weighted by molar-refractivity contribution is 0.402. The molecule has 6 heteroatoms. The zero-order valence-corrected chi connectivity index (χ0v) is 18.9. The Bertz CT molecular complexity index is 1580. The van der Waals surface area contributed by atoms with Crippen molar-refractivity contribution < 1.29 is 4.74 Å². The highest BCUT2D eigenvalue weighted by atomic mass is 32.1. The molecule has 0 radical (unpaired) electrons. The van der Waals surface area contributed by atoms with Gasteiger partial charge in [-0.25, -0.2) is 4.99 Å². The van der Waals surface area contributed by atoms with Crippen LogP contribution in [-0.2, 0) is 6.42 Å². The maximum Gasteiger partial charge on any atom is 0.271 e. The van der Waals surface area contributed by atoms with E-state index in [0.717, 1.165) is 41.0 Å². The molecule has 0 amide bonds. The second kappa shape index (κ2) is 7.98. The van der Waals surface area contributed by atoms with Crippen molar-refractivity contribution in [1.29, 1.82) is 0 Å². The standard InChI is InChI=1S/C27H21N3O2S/c1-32-22-9-5-4-8-20(22)25-21-11-10-18-6-2-3-7-19(18)24(21)29-27-30(25)26(31)23(33-27)16-17-12-14-28-15-13-17/h2-9,12-16,25H,10-11H2,1H3/b23-16-/t25-/m0/s1. The van der Waals surface area contributed by atoms with Gasteiger partial charge in [-0.05, 0) is 53.8 Å². The lowest BCUT2D eigenvalue weighted by atomic mass is 9.83. The van der Waals surface area contributed by atoms with E-state index >= 15 is 0 Å². The molecule has 5 nitrogen and oxygen atoms in total. The third-order valence-corrected chi connectivity index (χ3v) is 7.29. The van der Waals surface area contributed by atoms with Crippen LogP contribution in [0.2, 0.25) is 0 Å². The fourth-order valence-corrected chi connectivity index (χ4v) is 5.80. The van der Waals surface area contributed by atoms with E-state index in [9.17, 15) is 4.79 Å². The molecule has 1 atom stereocenters. The summed E-state index contributed by atoms with van der Waals surface area (Å²) in [4.78, 5) is 23.6. The van der Waals surface area contributed by atoms with Crippen LogP contribution in [0.15, 0.2) is 88.4 Å². The predicted molar refractivity (Wildman–Crippen MR) is 130 cm³/mol. The molecule has 3 heterocycles. The summed E-state index contributed by atoms with van der Waals surface area (Å²) < 4.78 is 8.23. The Morgan fingerprint density at radius 3 is 2.67 bits per heavy atom. The topological polar surface area (TPSA) is 56.5 Å². The molecule has 0 bridgehead atoms. The van der Waals surface area contributed by atoms with Gasteiger partial charge in [0.15, 0.2) is 4.80 Å². The van der Waals surface area contributed by atoms with Crippen LogP contribution in [0.5, 0.6) is 5.75 Å². The average Bonchev–Trinajstić information content (AvgIpc) is 3.17. The average molecular weight is 452 g/mol. The first-order chi connectivity index (χ1) is 16.2. The van der Waals surface area contributed by atoms with E-state index in [0.29, 0.717) is 9.33 Å². The number of aromatic nitrogens is 2. The van der Waals surface area contributed by atoms with E-state index in [4.69, 9.17) is 9.73 Å². The smallest absolute Gasteiger partial charge is 0.271 e. The first kappa shape index (κ1) is 19.9.